The van der Waals surface area contributed by atoms with Crippen molar-refractivity contribution in [2.75, 3.05) is 27.7 Å². The first kappa shape index (κ1) is 18.5. The van der Waals surface area contributed by atoms with E-state index in [9.17, 15) is 9.90 Å². The number of hydrogen-bond acceptors (Lipinski definition) is 4. The van der Waals surface area contributed by atoms with Gasteiger partial charge in [-0.3, -0.25) is 4.79 Å². The van der Waals surface area contributed by atoms with Crippen LogP contribution in [0.2, 0.25) is 0 Å². The molecular formula is C24H23N3O3. The van der Waals surface area contributed by atoms with E-state index in [4.69, 9.17) is 4.74 Å². The number of aromatic nitrogens is 2. The molecule has 0 spiro atoms. The Hall–Kier alpha value is -3.51. The molecule has 152 valence electrons. The molecule has 0 aliphatic rings. The third-order valence-corrected chi connectivity index (χ3v) is 5.76. The largest absolute Gasteiger partial charge is 0.504 e. The molecule has 6 heteroatoms. The Bertz CT molecular complexity index is 1500. The number of likely N-dealkylation sites (N-methyl/N-ethyl adjacent to an activating group) is 1. The summed E-state index contributed by atoms with van der Waals surface area (Å²) in [5.41, 5.74) is 3.19. The summed E-state index contributed by atoms with van der Waals surface area (Å²) in [7, 11) is 5.67. The Labute approximate surface area is 172 Å². The van der Waals surface area contributed by atoms with Gasteiger partial charge in [-0.15, -0.1) is 0 Å². The highest BCUT2D eigenvalue weighted by molar-refractivity contribution is 6.21. The molecule has 3 aromatic carbocycles. The fraction of sp³-hybridized carbons (Fsp3) is 0.208. The van der Waals surface area contributed by atoms with Gasteiger partial charge in [0.1, 0.15) is 0 Å². The zero-order chi connectivity index (χ0) is 21.0. The molecule has 2 N–H and O–H groups in total. The molecule has 6 nitrogen and oxygen atoms in total. The lowest BCUT2D eigenvalue weighted by atomic mass is 10.1. The van der Waals surface area contributed by atoms with Gasteiger partial charge in [-0.05, 0) is 49.8 Å². The minimum absolute atomic E-state index is 0.00928. The number of phenols is 1. The summed E-state index contributed by atoms with van der Waals surface area (Å²) in [6, 6.07) is 12.9. The predicted molar refractivity (Wildman–Crippen MR) is 122 cm³/mol. The summed E-state index contributed by atoms with van der Waals surface area (Å²) < 4.78 is 7.70. The van der Waals surface area contributed by atoms with Gasteiger partial charge < -0.3 is 24.3 Å². The van der Waals surface area contributed by atoms with E-state index in [1.165, 1.54) is 0 Å². The Morgan fingerprint density at radius 2 is 1.80 bits per heavy atom. The summed E-state index contributed by atoms with van der Waals surface area (Å²) in [5.74, 6) is 0.558. The maximum atomic E-state index is 11.9. The quantitative estimate of drug-likeness (QED) is 0.476. The second-order valence-corrected chi connectivity index (χ2v) is 7.92. The molecule has 0 bridgehead atoms. The van der Waals surface area contributed by atoms with E-state index < -0.39 is 0 Å². The van der Waals surface area contributed by atoms with Crippen LogP contribution in [-0.4, -0.2) is 47.3 Å². The van der Waals surface area contributed by atoms with Crippen molar-refractivity contribution in [3.05, 3.63) is 58.9 Å². The summed E-state index contributed by atoms with van der Waals surface area (Å²) in [6.45, 7) is 1.64. The third kappa shape index (κ3) is 2.72. The second kappa shape index (κ2) is 6.78. The van der Waals surface area contributed by atoms with Crippen LogP contribution in [0.4, 0.5) is 0 Å². The van der Waals surface area contributed by atoms with E-state index in [-0.39, 0.29) is 11.2 Å². The number of benzene rings is 3. The minimum atomic E-state index is 0.00928. The van der Waals surface area contributed by atoms with E-state index in [1.807, 2.05) is 24.4 Å². The second-order valence-electron chi connectivity index (χ2n) is 7.92. The zero-order valence-electron chi connectivity index (χ0n) is 17.2. The van der Waals surface area contributed by atoms with Crippen molar-refractivity contribution in [1.82, 2.24) is 14.5 Å². The summed E-state index contributed by atoms with van der Waals surface area (Å²) in [4.78, 5) is 17.5. The highest BCUT2D eigenvalue weighted by Gasteiger charge is 2.18. The number of fused-ring (bicyclic) bond motifs is 7. The predicted octanol–water partition coefficient (Wildman–Crippen LogP) is 4.07. The number of hydrogen-bond donors (Lipinski definition) is 2. The molecule has 0 amide bonds. The molecule has 0 saturated carbocycles. The maximum absolute atomic E-state index is 11.9. The number of aromatic amines is 1. The monoisotopic (exact) mass is 401 g/mol. The van der Waals surface area contributed by atoms with Crippen LogP contribution in [0.1, 0.15) is 0 Å². The number of nitrogens with zero attached hydrogens (tertiary/aromatic N) is 2. The molecule has 0 unspecified atom stereocenters. The number of phenolic OH excluding ortho intramolecular Hbond substituents is 1. The Morgan fingerprint density at radius 1 is 1.00 bits per heavy atom. The first-order valence-electron chi connectivity index (χ1n) is 9.89. The lowest BCUT2D eigenvalue weighted by Gasteiger charge is -2.15. The summed E-state index contributed by atoms with van der Waals surface area (Å²) in [6.07, 6.45) is 1.91. The van der Waals surface area contributed by atoms with Crippen molar-refractivity contribution >= 4 is 43.5 Å². The maximum Gasteiger partial charge on any atom is 0.179 e. The standard InChI is InChI=1S/C24H23N3O3/c1-26(2)8-9-27-23-17-7-5-16(28)10-14(17)4-6-18(23)22-24(27)19-12-21(30-3)20(29)11-15(19)13-25-22/h4-7,10-13,25,29H,8-9H2,1-3H3. The van der Waals surface area contributed by atoms with Crippen molar-refractivity contribution < 1.29 is 9.84 Å². The van der Waals surface area contributed by atoms with Crippen molar-refractivity contribution in [1.29, 1.82) is 0 Å². The van der Waals surface area contributed by atoms with Gasteiger partial charge in [0.2, 0.25) is 0 Å². The van der Waals surface area contributed by atoms with Gasteiger partial charge in [-0.25, -0.2) is 0 Å². The van der Waals surface area contributed by atoms with E-state index in [1.54, 1.807) is 25.3 Å². The number of aromatic hydroxyl groups is 1. The van der Waals surface area contributed by atoms with E-state index in [2.05, 4.69) is 34.6 Å². The van der Waals surface area contributed by atoms with Crippen LogP contribution in [0.5, 0.6) is 11.5 Å². The van der Waals surface area contributed by atoms with E-state index in [0.29, 0.717) is 5.75 Å². The molecule has 5 rings (SSSR count). The van der Waals surface area contributed by atoms with E-state index in [0.717, 1.165) is 56.6 Å². The first-order chi connectivity index (χ1) is 14.5. The molecule has 0 radical (unpaired) electrons. The highest BCUT2D eigenvalue weighted by Crippen LogP contribution is 2.39. The lowest BCUT2D eigenvalue weighted by Crippen LogP contribution is -2.18. The van der Waals surface area contributed by atoms with E-state index >= 15 is 0 Å². The van der Waals surface area contributed by atoms with Gasteiger partial charge >= 0.3 is 0 Å². The van der Waals surface area contributed by atoms with Gasteiger partial charge in [-0.2, -0.15) is 0 Å². The number of nitrogens with one attached hydrogen (secondary N) is 1. The summed E-state index contributed by atoms with van der Waals surface area (Å²) in [5, 5.41) is 15.2. The van der Waals surface area contributed by atoms with Gasteiger partial charge in [0, 0.05) is 40.8 Å². The molecule has 5 aromatic rings. The molecule has 0 saturated heterocycles. The minimum Gasteiger partial charge on any atom is -0.504 e. The Morgan fingerprint density at radius 3 is 2.57 bits per heavy atom. The number of methoxy groups -OCH3 is 1. The summed E-state index contributed by atoms with van der Waals surface area (Å²) >= 11 is 0. The molecule has 2 aromatic heterocycles. The molecular weight excluding hydrogens is 378 g/mol. The molecule has 30 heavy (non-hydrogen) atoms. The molecule has 0 atom stereocenters. The molecule has 0 aliphatic heterocycles. The molecule has 0 aliphatic carbocycles. The van der Waals surface area contributed by atoms with Crippen molar-refractivity contribution in [3.8, 4) is 11.5 Å². The van der Waals surface area contributed by atoms with Gasteiger partial charge in [-0.1, -0.05) is 12.1 Å². The van der Waals surface area contributed by atoms with Crippen LogP contribution in [0.3, 0.4) is 0 Å². The van der Waals surface area contributed by atoms with Crippen molar-refractivity contribution in [2.24, 2.45) is 0 Å². The zero-order valence-corrected chi connectivity index (χ0v) is 17.2. The third-order valence-electron chi connectivity index (χ3n) is 5.76. The highest BCUT2D eigenvalue weighted by atomic mass is 16.5. The van der Waals surface area contributed by atoms with Gasteiger partial charge in [0.15, 0.2) is 16.9 Å². The molecule has 0 fully saturated rings. The van der Waals surface area contributed by atoms with Gasteiger partial charge in [0.25, 0.3) is 0 Å². The van der Waals surface area contributed by atoms with Gasteiger partial charge in [0.05, 0.1) is 23.7 Å². The van der Waals surface area contributed by atoms with Crippen molar-refractivity contribution in [2.45, 2.75) is 6.54 Å². The average molecular weight is 401 g/mol. The average Bonchev–Trinajstić information content (AvgIpc) is 3.05. The van der Waals surface area contributed by atoms with Crippen LogP contribution in [0.25, 0.3) is 43.5 Å². The smallest absolute Gasteiger partial charge is 0.179 e. The molecule has 2 heterocycles. The normalized spacial score (nSPS) is 12.0. The number of rotatable bonds is 4. The number of pyridine rings is 1. The SMILES string of the molecule is COc1cc2c(c[nH]c3c4ccc5cc(=O)ccc5c4n(CCN(C)C)c23)cc1O. The fourth-order valence-electron chi connectivity index (χ4n) is 4.33. The fourth-order valence-corrected chi connectivity index (χ4v) is 4.33. The van der Waals surface area contributed by atoms with Crippen LogP contribution >= 0.6 is 0 Å². The van der Waals surface area contributed by atoms with Crippen LogP contribution in [0.15, 0.2) is 53.5 Å². The number of ether oxygens (including phenoxy) is 1. The topological polar surface area (TPSA) is 70.5 Å². The Balaban J connectivity index is 1.99. The Kier molecular flexibility index (Phi) is 4.18. The first-order valence-corrected chi connectivity index (χ1v) is 9.89. The lowest BCUT2D eigenvalue weighted by molar-refractivity contribution is 0.374. The van der Waals surface area contributed by atoms with Crippen LogP contribution < -0.4 is 10.2 Å². The van der Waals surface area contributed by atoms with Crippen molar-refractivity contribution in [3.63, 3.8) is 0 Å². The number of H-pyrrole nitrogens is 1. The van der Waals surface area contributed by atoms with Crippen LogP contribution in [-0.2, 0) is 6.54 Å². The van der Waals surface area contributed by atoms with Crippen LogP contribution in [0, 0.1) is 0 Å².